The Morgan fingerprint density at radius 2 is 1.96 bits per heavy atom. The van der Waals surface area contributed by atoms with Gasteiger partial charge in [0.05, 0.1) is 0 Å². The number of nitrogens with one attached hydrogen (secondary N) is 1. The molecule has 0 saturated carbocycles. The topological polar surface area (TPSA) is 73.3 Å². The van der Waals surface area contributed by atoms with Gasteiger partial charge in [0, 0.05) is 23.0 Å². The van der Waals surface area contributed by atoms with Gasteiger partial charge in [-0.05, 0) is 42.5 Å². The van der Waals surface area contributed by atoms with E-state index in [9.17, 15) is 4.79 Å². The van der Waals surface area contributed by atoms with Crippen LogP contribution >= 0.6 is 11.3 Å². The summed E-state index contributed by atoms with van der Waals surface area (Å²) in [5.74, 6) is 1.02. The number of carbonyl (C=O) groups is 1. The highest BCUT2D eigenvalue weighted by atomic mass is 32.1. The first-order valence-electron chi connectivity index (χ1n) is 8.29. The third-order valence-electron chi connectivity index (χ3n) is 4.17. The first kappa shape index (κ1) is 15.8. The second kappa shape index (κ2) is 6.37. The molecule has 0 radical (unpaired) electrons. The van der Waals surface area contributed by atoms with E-state index in [-0.39, 0.29) is 12.7 Å². The third-order valence-corrected chi connectivity index (χ3v) is 5.20. The van der Waals surface area contributed by atoms with Gasteiger partial charge >= 0.3 is 0 Å². The Kier molecular flexibility index (Phi) is 3.72. The van der Waals surface area contributed by atoms with E-state index in [0.717, 1.165) is 20.9 Å². The van der Waals surface area contributed by atoms with Crippen LogP contribution < -0.4 is 14.8 Å². The maximum Gasteiger partial charge on any atom is 0.255 e. The van der Waals surface area contributed by atoms with Crippen LogP contribution in [0.25, 0.3) is 20.9 Å². The molecule has 0 aliphatic carbocycles. The fourth-order valence-electron chi connectivity index (χ4n) is 2.86. The second-order valence-electron chi connectivity index (χ2n) is 5.95. The lowest BCUT2D eigenvalue weighted by Gasteiger charge is -2.07. The number of fused-ring (bicyclic) bond motifs is 2. The van der Waals surface area contributed by atoms with Crippen LogP contribution in [0.15, 0.2) is 60.8 Å². The van der Waals surface area contributed by atoms with E-state index in [1.165, 1.54) is 11.3 Å². The zero-order valence-corrected chi connectivity index (χ0v) is 14.8. The van der Waals surface area contributed by atoms with Gasteiger partial charge in [0.1, 0.15) is 15.4 Å². The Hall–Kier alpha value is -3.45. The number of nitrogens with zero attached hydrogens (tertiary/aromatic N) is 2. The lowest BCUT2D eigenvalue weighted by atomic mass is 10.1. The van der Waals surface area contributed by atoms with Gasteiger partial charge < -0.3 is 14.8 Å². The van der Waals surface area contributed by atoms with E-state index < -0.39 is 0 Å². The molecular weight excluding hydrogens is 362 g/mol. The predicted octanol–water partition coefficient (Wildman–Crippen LogP) is 4.34. The first-order valence-corrected chi connectivity index (χ1v) is 9.11. The molecular formula is C20H13N3O3S. The monoisotopic (exact) mass is 375 g/mol. The number of aromatic nitrogens is 2. The average Bonchev–Trinajstić information content (AvgIpc) is 3.34. The van der Waals surface area contributed by atoms with Gasteiger partial charge in [-0.2, -0.15) is 0 Å². The van der Waals surface area contributed by atoms with Gasteiger partial charge in [0.2, 0.25) is 6.79 Å². The Morgan fingerprint density at radius 1 is 1.04 bits per heavy atom. The summed E-state index contributed by atoms with van der Waals surface area (Å²) in [7, 11) is 0. The van der Waals surface area contributed by atoms with E-state index in [0.29, 0.717) is 22.7 Å². The van der Waals surface area contributed by atoms with Crippen molar-refractivity contribution in [3.05, 3.63) is 66.4 Å². The van der Waals surface area contributed by atoms with Crippen LogP contribution in [0.3, 0.4) is 0 Å². The first-order chi connectivity index (χ1) is 13.3. The number of hydrogen-bond acceptors (Lipinski definition) is 6. The fraction of sp³-hybridized carbons (Fsp3) is 0.0500. The molecule has 132 valence electrons. The molecule has 2 aromatic heterocycles. The number of anilines is 1. The van der Waals surface area contributed by atoms with Gasteiger partial charge in [0.15, 0.2) is 11.5 Å². The Morgan fingerprint density at radius 3 is 2.89 bits per heavy atom. The molecule has 3 heterocycles. The van der Waals surface area contributed by atoms with Gasteiger partial charge in [-0.15, -0.1) is 0 Å². The highest BCUT2D eigenvalue weighted by Gasteiger charge is 2.16. The molecule has 4 aromatic rings. The van der Waals surface area contributed by atoms with Gasteiger partial charge in [-0.25, -0.2) is 9.97 Å². The summed E-state index contributed by atoms with van der Waals surface area (Å²) in [4.78, 5) is 22.4. The van der Waals surface area contributed by atoms with Crippen molar-refractivity contribution in [2.75, 3.05) is 12.1 Å². The number of carbonyl (C=O) groups excluding carboxylic acids is 1. The van der Waals surface area contributed by atoms with Crippen molar-refractivity contribution in [2.45, 2.75) is 0 Å². The van der Waals surface area contributed by atoms with Crippen LogP contribution in [0.2, 0.25) is 0 Å². The van der Waals surface area contributed by atoms with Crippen molar-refractivity contribution in [3.8, 4) is 22.1 Å². The largest absolute Gasteiger partial charge is 0.454 e. The van der Waals surface area contributed by atoms with Crippen LogP contribution in [-0.2, 0) is 0 Å². The minimum absolute atomic E-state index is 0.180. The van der Waals surface area contributed by atoms with Crippen LogP contribution in [0, 0.1) is 0 Å². The quantitative estimate of drug-likeness (QED) is 0.577. The van der Waals surface area contributed by atoms with E-state index in [1.54, 1.807) is 24.4 Å². The van der Waals surface area contributed by atoms with Crippen molar-refractivity contribution in [1.82, 2.24) is 9.97 Å². The summed E-state index contributed by atoms with van der Waals surface area (Å²) in [6.45, 7) is 0.180. The van der Waals surface area contributed by atoms with Crippen molar-refractivity contribution in [2.24, 2.45) is 0 Å². The Balaban J connectivity index is 1.41. The standard InChI is InChI=1S/C20H13N3O3S/c24-18(12-6-7-16-17(10-12)26-11-25-16)22-14-4-1-3-13(9-14)19-23-15-5-2-8-21-20(15)27-19/h1-10H,11H2,(H,22,24). The normalized spacial score (nSPS) is 12.3. The molecule has 0 spiro atoms. The summed E-state index contributed by atoms with van der Waals surface area (Å²) in [5.41, 5.74) is 3.00. The highest BCUT2D eigenvalue weighted by Crippen LogP contribution is 2.33. The summed E-state index contributed by atoms with van der Waals surface area (Å²) >= 11 is 1.52. The SMILES string of the molecule is O=C(Nc1cccc(-c2nc3cccnc3s2)c1)c1ccc2c(c1)OCO2. The molecule has 1 N–H and O–H groups in total. The number of amides is 1. The van der Waals surface area contributed by atoms with Gasteiger partial charge in [-0.3, -0.25) is 4.79 Å². The van der Waals surface area contributed by atoms with Gasteiger partial charge in [0.25, 0.3) is 5.91 Å². The summed E-state index contributed by atoms with van der Waals surface area (Å²) in [5, 5.41) is 3.78. The van der Waals surface area contributed by atoms with Crippen molar-refractivity contribution >= 4 is 33.3 Å². The van der Waals surface area contributed by atoms with Crippen LogP contribution in [0.5, 0.6) is 11.5 Å². The van der Waals surface area contributed by atoms with E-state index in [4.69, 9.17) is 9.47 Å². The molecule has 27 heavy (non-hydrogen) atoms. The molecule has 0 bridgehead atoms. The molecule has 2 aromatic carbocycles. The predicted molar refractivity (Wildman–Crippen MR) is 103 cm³/mol. The molecule has 0 atom stereocenters. The molecule has 0 unspecified atom stereocenters. The molecule has 0 saturated heterocycles. The third kappa shape index (κ3) is 2.98. The molecule has 1 aliphatic heterocycles. The minimum Gasteiger partial charge on any atom is -0.454 e. The van der Waals surface area contributed by atoms with Crippen LogP contribution in [0.4, 0.5) is 5.69 Å². The maximum absolute atomic E-state index is 12.6. The molecule has 1 aliphatic rings. The number of thiazole rings is 1. The summed E-state index contributed by atoms with van der Waals surface area (Å²) in [6, 6.07) is 16.6. The second-order valence-corrected chi connectivity index (χ2v) is 6.93. The average molecular weight is 375 g/mol. The van der Waals surface area contributed by atoms with Crippen molar-refractivity contribution in [3.63, 3.8) is 0 Å². The number of hydrogen-bond donors (Lipinski definition) is 1. The molecule has 5 rings (SSSR count). The minimum atomic E-state index is -0.212. The fourth-order valence-corrected chi connectivity index (χ4v) is 3.77. The van der Waals surface area contributed by atoms with Crippen LogP contribution in [-0.4, -0.2) is 22.7 Å². The lowest BCUT2D eigenvalue weighted by Crippen LogP contribution is -2.11. The maximum atomic E-state index is 12.6. The van der Waals surface area contributed by atoms with Crippen molar-refractivity contribution < 1.29 is 14.3 Å². The number of ether oxygens (including phenoxy) is 2. The molecule has 1 amide bonds. The molecule has 7 heteroatoms. The number of pyridine rings is 1. The molecule has 6 nitrogen and oxygen atoms in total. The van der Waals surface area contributed by atoms with E-state index in [1.807, 2.05) is 36.4 Å². The Labute approximate surface area is 158 Å². The zero-order chi connectivity index (χ0) is 18.2. The zero-order valence-electron chi connectivity index (χ0n) is 14.0. The summed E-state index contributed by atoms with van der Waals surface area (Å²) in [6.07, 6.45) is 1.76. The number of benzene rings is 2. The van der Waals surface area contributed by atoms with Crippen LogP contribution in [0.1, 0.15) is 10.4 Å². The highest BCUT2D eigenvalue weighted by molar-refractivity contribution is 7.21. The molecule has 0 fully saturated rings. The summed E-state index contributed by atoms with van der Waals surface area (Å²) < 4.78 is 10.6. The lowest BCUT2D eigenvalue weighted by molar-refractivity contribution is 0.102. The van der Waals surface area contributed by atoms with E-state index in [2.05, 4.69) is 15.3 Å². The van der Waals surface area contributed by atoms with Crippen molar-refractivity contribution in [1.29, 1.82) is 0 Å². The Bertz CT molecular complexity index is 1140. The van der Waals surface area contributed by atoms with E-state index >= 15 is 0 Å². The number of rotatable bonds is 3. The van der Waals surface area contributed by atoms with Gasteiger partial charge in [-0.1, -0.05) is 23.5 Å². The smallest absolute Gasteiger partial charge is 0.255 e.